The number of unbranched alkanes of at least 4 members (excludes halogenated alkanes) is 4. The topological polar surface area (TPSA) is 86.7 Å². The molecule has 6 heteroatoms. The standard InChI is InChI=1S/C30H30O6/c1-3-5-7-17-23(31)35-29-21-15-11-9-13-19(21)26-25(27(29)33)20-14-10-12-16-22(20)30(28(26)34)36-24(32)18-8-6-4-2/h9-16H,3-8,17-18H2,1-2H3. The Hall–Kier alpha value is -3.80. The van der Waals surface area contributed by atoms with Crippen LogP contribution in [0.25, 0.3) is 22.7 Å². The number of hydrogen-bond donors (Lipinski definition) is 0. The predicted molar refractivity (Wildman–Crippen MR) is 135 cm³/mol. The molecule has 0 N–H and O–H groups in total. The zero-order chi connectivity index (χ0) is 25.7. The van der Waals surface area contributed by atoms with E-state index in [-0.39, 0.29) is 35.5 Å². The number of carbonyl (C=O) groups excluding carboxylic acids is 4. The maximum atomic E-state index is 13.8. The third-order valence-corrected chi connectivity index (χ3v) is 6.40. The first kappa shape index (κ1) is 25.3. The fraction of sp³-hybridized carbons (Fsp3) is 0.333. The average molecular weight is 487 g/mol. The summed E-state index contributed by atoms with van der Waals surface area (Å²) in [6.07, 6.45) is 5.47. The number of Topliss-reactive ketones (excluding diaryl/α,β-unsaturated/α-hetero) is 2. The van der Waals surface area contributed by atoms with E-state index in [1.807, 2.05) is 13.8 Å². The summed E-state index contributed by atoms with van der Waals surface area (Å²) in [5.74, 6) is -2.16. The molecular weight excluding hydrogens is 456 g/mol. The second-order valence-corrected chi connectivity index (χ2v) is 9.02. The number of hydrogen-bond acceptors (Lipinski definition) is 6. The van der Waals surface area contributed by atoms with Crippen LogP contribution in [0.3, 0.4) is 0 Å². The van der Waals surface area contributed by atoms with E-state index < -0.39 is 23.5 Å². The van der Waals surface area contributed by atoms with Crippen LogP contribution in [0.5, 0.6) is 0 Å². The van der Waals surface area contributed by atoms with E-state index in [1.54, 1.807) is 48.5 Å². The zero-order valence-corrected chi connectivity index (χ0v) is 20.7. The fourth-order valence-corrected chi connectivity index (χ4v) is 4.58. The Morgan fingerprint density at radius 2 is 0.944 bits per heavy atom. The Balaban J connectivity index is 1.88. The number of ether oxygens (including phenoxy) is 2. The maximum Gasteiger partial charge on any atom is 0.311 e. The van der Waals surface area contributed by atoms with Crippen molar-refractivity contribution in [2.24, 2.45) is 0 Å². The molecule has 0 fully saturated rings. The van der Waals surface area contributed by atoms with Gasteiger partial charge in [-0.05, 0) is 23.3 Å². The van der Waals surface area contributed by atoms with Gasteiger partial charge in [0.2, 0.25) is 11.6 Å². The highest BCUT2D eigenvalue weighted by Crippen LogP contribution is 2.26. The van der Waals surface area contributed by atoms with Crippen LogP contribution in [-0.2, 0) is 28.7 Å². The Morgan fingerprint density at radius 3 is 1.31 bits per heavy atom. The van der Waals surface area contributed by atoms with Gasteiger partial charge in [0.25, 0.3) is 0 Å². The summed E-state index contributed by atoms with van der Waals surface area (Å²) >= 11 is 0. The summed E-state index contributed by atoms with van der Waals surface area (Å²) in [7, 11) is 0. The summed E-state index contributed by atoms with van der Waals surface area (Å²) in [4.78, 5) is 52.6. The van der Waals surface area contributed by atoms with Gasteiger partial charge in [-0.15, -0.1) is 0 Å². The summed E-state index contributed by atoms with van der Waals surface area (Å²) in [6, 6.07) is 13.7. The highest BCUT2D eigenvalue weighted by atomic mass is 16.5. The highest BCUT2D eigenvalue weighted by molar-refractivity contribution is 6.58. The molecule has 36 heavy (non-hydrogen) atoms. The van der Waals surface area contributed by atoms with E-state index in [4.69, 9.17) is 9.47 Å². The molecule has 2 aliphatic carbocycles. The molecule has 2 aromatic rings. The van der Waals surface area contributed by atoms with Crippen LogP contribution < -0.4 is 20.9 Å². The lowest BCUT2D eigenvalue weighted by atomic mass is 9.83. The van der Waals surface area contributed by atoms with Gasteiger partial charge in [0.15, 0.2) is 11.5 Å². The van der Waals surface area contributed by atoms with Crippen LogP contribution in [0.1, 0.15) is 65.2 Å². The van der Waals surface area contributed by atoms with Crippen LogP contribution in [-0.4, -0.2) is 23.5 Å². The van der Waals surface area contributed by atoms with Gasteiger partial charge in [-0.2, -0.15) is 0 Å². The van der Waals surface area contributed by atoms with Crippen molar-refractivity contribution < 1.29 is 28.7 Å². The molecule has 0 saturated heterocycles. The van der Waals surface area contributed by atoms with E-state index in [0.717, 1.165) is 25.7 Å². The summed E-state index contributed by atoms with van der Waals surface area (Å²) in [5, 5.41) is 1.71. The second kappa shape index (κ2) is 11.3. The molecule has 0 saturated carbocycles. The molecule has 0 radical (unpaired) electrons. The minimum Gasteiger partial charge on any atom is -0.422 e. The van der Waals surface area contributed by atoms with Gasteiger partial charge in [-0.1, -0.05) is 88.1 Å². The number of benzene rings is 2. The minimum atomic E-state index is -0.526. The van der Waals surface area contributed by atoms with Gasteiger partial charge < -0.3 is 9.47 Å². The molecule has 0 aromatic heterocycles. The molecule has 0 spiro atoms. The van der Waals surface area contributed by atoms with Gasteiger partial charge in [-0.25, -0.2) is 0 Å². The molecule has 4 rings (SSSR count). The molecule has 2 aromatic carbocycles. The van der Waals surface area contributed by atoms with E-state index in [2.05, 4.69) is 0 Å². The van der Waals surface area contributed by atoms with E-state index in [0.29, 0.717) is 33.7 Å². The van der Waals surface area contributed by atoms with Crippen molar-refractivity contribution in [3.8, 4) is 0 Å². The third kappa shape index (κ3) is 4.94. The Kier molecular flexibility index (Phi) is 7.93. The Bertz CT molecular complexity index is 1360. The highest BCUT2D eigenvalue weighted by Gasteiger charge is 2.37. The lowest BCUT2D eigenvalue weighted by Crippen LogP contribution is -2.47. The van der Waals surface area contributed by atoms with Gasteiger partial charge in [0.05, 0.1) is 0 Å². The molecular formula is C30H30O6. The van der Waals surface area contributed by atoms with Crippen LogP contribution in [0.4, 0.5) is 0 Å². The van der Waals surface area contributed by atoms with Crippen LogP contribution in [0.2, 0.25) is 0 Å². The van der Waals surface area contributed by atoms with E-state index in [1.165, 1.54) is 0 Å². The fourth-order valence-electron chi connectivity index (χ4n) is 4.58. The first-order chi connectivity index (χ1) is 17.5. The van der Waals surface area contributed by atoms with Gasteiger partial charge in [0, 0.05) is 34.4 Å². The van der Waals surface area contributed by atoms with Crippen LogP contribution in [0, 0.1) is 0 Å². The number of carbonyl (C=O) groups is 4. The van der Waals surface area contributed by atoms with Crippen molar-refractivity contribution in [1.82, 2.24) is 0 Å². The minimum absolute atomic E-state index is 0.0755. The summed E-state index contributed by atoms with van der Waals surface area (Å²) < 4.78 is 11.2. The van der Waals surface area contributed by atoms with Crippen molar-refractivity contribution in [3.05, 3.63) is 69.4 Å². The molecule has 0 amide bonds. The second-order valence-electron chi connectivity index (χ2n) is 9.02. The first-order valence-corrected chi connectivity index (χ1v) is 12.7. The molecule has 186 valence electrons. The monoisotopic (exact) mass is 486 g/mol. The van der Waals surface area contributed by atoms with Crippen molar-refractivity contribution in [3.63, 3.8) is 0 Å². The van der Waals surface area contributed by atoms with Crippen molar-refractivity contribution in [2.75, 3.05) is 0 Å². The normalized spacial score (nSPS) is 14.3. The number of fused-ring (bicyclic) bond motifs is 3. The van der Waals surface area contributed by atoms with Gasteiger partial charge in [-0.3, -0.25) is 19.2 Å². The van der Waals surface area contributed by atoms with Crippen LogP contribution in [0.15, 0.2) is 48.5 Å². The maximum absolute atomic E-state index is 13.8. The predicted octanol–water partition coefficient (Wildman–Crippen LogP) is 2.32. The molecule has 2 aliphatic rings. The molecule has 6 nitrogen and oxygen atoms in total. The SMILES string of the molecule is CCCCCC(=O)OC1=c2ccccc2=C2C(=O)C(OC(=O)CCCCC)=c3ccccc3=C2C1=O. The number of rotatable bonds is 10. The number of esters is 2. The zero-order valence-electron chi connectivity index (χ0n) is 20.7. The summed E-state index contributed by atoms with van der Waals surface area (Å²) in [6.45, 7) is 4.08. The quantitative estimate of drug-likeness (QED) is 0.379. The number of ketones is 2. The average Bonchev–Trinajstić information content (AvgIpc) is 2.88. The lowest BCUT2D eigenvalue weighted by molar-refractivity contribution is -0.139. The van der Waals surface area contributed by atoms with Gasteiger partial charge >= 0.3 is 11.9 Å². The third-order valence-electron chi connectivity index (χ3n) is 6.40. The van der Waals surface area contributed by atoms with E-state index in [9.17, 15) is 19.2 Å². The Labute approximate surface area is 209 Å². The van der Waals surface area contributed by atoms with Crippen molar-refractivity contribution in [1.29, 1.82) is 0 Å². The smallest absolute Gasteiger partial charge is 0.311 e. The van der Waals surface area contributed by atoms with Gasteiger partial charge in [0.1, 0.15) is 0 Å². The summed E-state index contributed by atoms with van der Waals surface area (Å²) in [5.41, 5.74) is 0.327. The van der Waals surface area contributed by atoms with E-state index >= 15 is 0 Å². The molecule has 0 aliphatic heterocycles. The largest absolute Gasteiger partial charge is 0.422 e. The molecule has 0 bridgehead atoms. The van der Waals surface area contributed by atoms with Crippen molar-refractivity contribution >= 4 is 46.2 Å². The lowest BCUT2D eigenvalue weighted by Gasteiger charge is -2.22. The Morgan fingerprint density at radius 1 is 0.583 bits per heavy atom. The molecule has 0 unspecified atom stereocenters. The first-order valence-electron chi connectivity index (χ1n) is 12.7. The van der Waals surface area contributed by atoms with Crippen molar-refractivity contribution in [2.45, 2.75) is 65.2 Å². The molecule has 0 heterocycles. The van der Waals surface area contributed by atoms with Crippen LogP contribution >= 0.6 is 0 Å². The molecule has 0 atom stereocenters.